The third kappa shape index (κ3) is 3.98. The van der Waals surface area contributed by atoms with Crippen molar-refractivity contribution in [3.05, 3.63) is 28.7 Å². The molecule has 0 spiro atoms. The molecule has 9 heteroatoms. The standard InChI is InChI=1S/C11H14F3N3O3/c1-16-5-3-4-7(9(16)19)15-10(20)17(2)6-8(18)11(12,13)14/h3-5,8,18H,6H2,1-2H3,(H,15,20). The van der Waals surface area contributed by atoms with Crippen molar-refractivity contribution in [1.29, 1.82) is 0 Å². The average Bonchev–Trinajstić information content (AvgIpc) is 2.33. The summed E-state index contributed by atoms with van der Waals surface area (Å²) in [6, 6.07) is 1.91. The van der Waals surface area contributed by atoms with Crippen molar-refractivity contribution in [2.24, 2.45) is 7.05 Å². The third-order valence-electron chi connectivity index (χ3n) is 2.54. The number of likely N-dealkylation sites (N-methyl/N-ethyl adjacent to an activating group) is 1. The Kier molecular flexibility index (Phi) is 4.77. The minimum atomic E-state index is -4.81. The van der Waals surface area contributed by atoms with Gasteiger partial charge in [0.1, 0.15) is 5.69 Å². The number of amides is 2. The first-order chi connectivity index (χ1) is 9.12. The molecule has 1 aromatic heterocycles. The van der Waals surface area contributed by atoms with Crippen molar-refractivity contribution < 1.29 is 23.1 Å². The number of nitrogens with zero attached hydrogens (tertiary/aromatic N) is 2. The number of rotatable bonds is 3. The van der Waals surface area contributed by atoms with Gasteiger partial charge in [-0.1, -0.05) is 0 Å². The molecule has 1 aromatic rings. The Hall–Kier alpha value is -2.03. The van der Waals surface area contributed by atoms with E-state index >= 15 is 0 Å². The molecule has 1 rings (SSSR count). The van der Waals surface area contributed by atoms with Crippen LogP contribution in [0.1, 0.15) is 0 Å². The smallest absolute Gasteiger partial charge is 0.382 e. The van der Waals surface area contributed by atoms with Crippen LogP contribution in [0.3, 0.4) is 0 Å². The number of carbonyl (C=O) groups excluding carboxylic acids is 1. The number of carbonyl (C=O) groups is 1. The van der Waals surface area contributed by atoms with Gasteiger partial charge in [-0.05, 0) is 12.1 Å². The van der Waals surface area contributed by atoms with Crippen molar-refractivity contribution in [2.75, 3.05) is 18.9 Å². The molecule has 112 valence electrons. The van der Waals surface area contributed by atoms with Gasteiger partial charge in [0.2, 0.25) is 0 Å². The van der Waals surface area contributed by atoms with Crippen LogP contribution in [0, 0.1) is 0 Å². The van der Waals surface area contributed by atoms with Crippen molar-refractivity contribution in [1.82, 2.24) is 9.47 Å². The zero-order valence-electron chi connectivity index (χ0n) is 10.8. The Bertz CT molecular complexity index is 542. The van der Waals surface area contributed by atoms with Gasteiger partial charge in [0.05, 0.1) is 6.54 Å². The molecule has 20 heavy (non-hydrogen) atoms. The summed E-state index contributed by atoms with van der Waals surface area (Å²) in [5, 5.41) is 11.0. The molecule has 2 amide bonds. The highest BCUT2D eigenvalue weighted by Crippen LogP contribution is 2.20. The molecule has 1 atom stereocenters. The highest BCUT2D eigenvalue weighted by Gasteiger charge is 2.39. The molecule has 0 aliphatic carbocycles. The van der Waals surface area contributed by atoms with E-state index in [1.54, 1.807) is 0 Å². The quantitative estimate of drug-likeness (QED) is 0.864. The van der Waals surface area contributed by atoms with Crippen molar-refractivity contribution in [3.63, 3.8) is 0 Å². The number of hydrogen-bond acceptors (Lipinski definition) is 3. The molecule has 1 heterocycles. The Morgan fingerprint density at radius 2 is 2.15 bits per heavy atom. The maximum Gasteiger partial charge on any atom is 0.416 e. The lowest BCUT2D eigenvalue weighted by molar-refractivity contribution is -0.205. The van der Waals surface area contributed by atoms with Gasteiger partial charge < -0.3 is 19.9 Å². The molecule has 0 saturated heterocycles. The molecular weight excluding hydrogens is 279 g/mol. The summed E-state index contributed by atoms with van der Waals surface area (Å²) in [7, 11) is 2.55. The number of pyridine rings is 1. The molecule has 0 aromatic carbocycles. The number of anilines is 1. The Balaban J connectivity index is 2.72. The highest BCUT2D eigenvalue weighted by atomic mass is 19.4. The van der Waals surface area contributed by atoms with Gasteiger partial charge in [-0.15, -0.1) is 0 Å². The van der Waals surface area contributed by atoms with Crippen LogP contribution >= 0.6 is 0 Å². The summed E-state index contributed by atoms with van der Waals surface area (Å²) in [6.07, 6.45) is -5.98. The number of urea groups is 1. The lowest BCUT2D eigenvalue weighted by atomic mass is 10.3. The minimum Gasteiger partial charge on any atom is -0.382 e. The average molecular weight is 293 g/mol. The molecule has 0 fully saturated rings. The maximum atomic E-state index is 12.2. The monoisotopic (exact) mass is 293 g/mol. The molecule has 1 unspecified atom stereocenters. The summed E-state index contributed by atoms with van der Waals surface area (Å²) in [5.41, 5.74) is -0.557. The first-order valence-corrected chi connectivity index (χ1v) is 5.55. The van der Waals surface area contributed by atoms with E-state index in [1.165, 1.54) is 29.9 Å². The maximum absolute atomic E-state index is 12.2. The van der Waals surface area contributed by atoms with E-state index in [0.29, 0.717) is 4.90 Å². The number of hydrogen-bond donors (Lipinski definition) is 2. The van der Waals surface area contributed by atoms with E-state index < -0.39 is 30.4 Å². The second kappa shape index (κ2) is 5.95. The molecule has 2 N–H and O–H groups in total. The van der Waals surface area contributed by atoms with Crippen LogP contribution in [-0.2, 0) is 7.05 Å². The fraction of sp³-hybridized carbons (Fsp3) is 0.455. The first-order valence-electron chi connectivity index (χ1n) is 5.55. The molecule has 0 aliphatic heterocycles. The number of aryl methyl sites for hydroxylation is 1. The van der Waals surface area contributed by atoms with Gasteiger partial charge in [-0.3, -0.25) is 4.79 Å². The molecule has 0 radical (unpaired) electrons. The topological polar surface area (TPSA) is 74.6 Å². The predicted octanol–water partition coefficient (Wildman–Crippen LogP) is 0.772. The number of halogens is 3. The summed E-state index contributed by atoms with van der Waals surface area (Å²) < 4.78 is 37.7. The zero-order valence-corrected chi connectivity index (χ0v) is 10.8. The first kappa shape index (κ1) is 16.0. The van der Waals surface area contributed by atoms with Gasteiger partial charge in [0, 0.05) is 20.3 Å². The number of alkyl halides is 3. The van der Waals surface area contributed by atoms with E-state index in [-0.39, 0.29) is 5.69 Å². The number of aliphatic hydroxyl groups is 1. The molecule has 6 nitrogen and oxygen atoms in total. The SMILES string of the molecule is CN(CC(O)C(F)(F)F)C(=O)Nc1cccn(C)c1=O. The number of aromatic nitrogens is 1. The minimum absolute atomic E-state index is 0.0617. The summed E-state index contributed by atoms with van der Waals surface area (Å²) in [6.45, 7) is -0.928. The lowest BCUT2D eigenvalue weighted by Gasteiger charge is -2.22. The van der Waals surface area contributed by atoms with Crippen molar-refractivity contribution in [2.45, 2.75) is 12.3 Å². The normalized spacial score (nSPS) is 12.9. The van der Waals surface area contributed by atoms with Gasteiger partial charge in [-0.2, -0.15) is 13.2 Å². The Morgan fingerprint density at radius 1 is 1.55 bits per heavy atom. The number of aliphatic hydroxyl groups excluding tert-OH is 1. The van der Waals surface area contributed by atoms with Crippen LogP contribution in [0.2, 0.25) is 0 Å². The van der Waals surface area contributed by atoms with E-state index in [0.717, 1.165) is 7.05 Å². The van der Waals surface area contributed by atoms with Crippen LogP contribution in [-0.4, -0.2) is 46.5 Å². The summed E-state index contributed by atoms with van der Waals surface area (Å²) in [4.78, 5) is 23.9. The van der Waals surface area contributed by atoms with Crippen LogP contribution in [0.5, 0.6) is 0 Å². The van der Waals surface area contributed by atoms with E-state index in [9.17, 15) is 22.8 Å². The van der Waals surface area contributed by atoms with Gasteiger partial charge >= 0.3 is 12.2 Å². The van der Waals surface area contributed by atoms with Crippen LogP contribution in [0.15, 0.2) is 23.1 Å². The molecule has 0 saturated carbocycles. The largest absolute Gasteiger partial charge is 0.416 e. The summed E-state index contributed by atoms with van der Waals surface area (Å²) >= 11 is 0. The van der Waals surface area contributed by atoms with E-state index in [2.05, 4.69) is 5.32 Å². The number of nitrogens with one attached hydrogen (secondary N) is 1. The van der Waals surface area contributed by atoms with Gasteiger partial charge in [-0.25, -0.2) is 4.79 Å². The summed E-state index contributed by atoms with van der Waals surface area (Å²) in [5.74, 6) is 0. The van der Waals surface area contributed by atoms with Gasteiger partial charge in [0.15, 0.2) is 6.10 Å². The Labute approximate surface area is 112 Å². The second-order valence-electron chi connectivity index (χ2n) is 4.21. The lowest BCUT2D eigenvalue weighted by Crippen LogP contribution is -2.43. The van der Waals surface area contributed by atoms with E-state index in [4.69, 9.17) is 5.11 Å². The van der Waals surface area contributed by atoms with Gasteiger partial charge in [0.25, 0.3) is 5.56 Å². The molecular formula is C11H14F3N3O3. The fourth-order valence-electron chi connectivity index (χ4n) is 1.35. The van der Waals surface area contributed by atoms with Crippen molar-refractivity contribution in [3.8, 4) is 0 Å². The predicted molar refractivity (Wildman–Crippen MR) is 65.4 cm³/mol. The van der Waals surface area contributed by atoms with Crippen LogP contribution < -0.4 is 10.9 Å². The van der Waals surface area contributed by atoms with E-state index in [1.807, 2.05) is 0 Å². The Morgan fingerprint density at radius 3 is 2.70 bits per heavy atom. The van der Waals surface area contributed by atoms with Crippen molar-refractivity contribution >= 4 is 11.7 Å². The molecule has 0 aliphatic rings. The molecule has 0 bridgehead atoms. The van der Waals surface area contributed by atoms with Crippen LogP contribution in [0.4, 0.5) is 23.7 Å². The zero-order chi connectivity index (χ0) is 15.5. The fourth-order valence-corrected chi connectivity index (χ4v) is 1.35. The third-order valence-corrected chi connectivity index (χ3v) is 2.54. The highest BCUT2D eigenvalue weighted by molar-refractivity contribution is 5.88. The second-order valence-corrected chi connectivity index (χ2v) is 4.21. The van der Waals surface area contributed by atoms with Crippen LogP contribution in [0.25, 0.3) is 0 Å².